The van der Waals surface area contributed by atoms with Gasteiger partial charge in [0.2, 0.25) is 0 Å². The van der Waals surface area contributed by atoms with E-state index in [4.69, 9.17) is 4.74 Å². The Morgan fingerprint density at radius 3 is 3.11 bits per heavy atom. The quantitative estimate of drug-likeness (QED) is 0.873. The second-order valence-electron chi connectivity index (χ2n) is 5.64. The van der Waals surface area contributed by atoms with E-state index in [-0.39, 0.29) is 5.75 Å². The fourth-order valence-corrected chi connectivity index (χ4v) is 3.10. The van der Waals surface area contributed by atoms with Crippen molar-refractivity contribution in [2.75, 3.05) is 26.7 Å². The van der Waals surface area contributed by atoms with Gasteiger partial charge in [0.05, 0.1) is 6.04 Å². The van der Waals surface area contributed by atoms with E-state index in [1.807, 2.05) is 6.07 Å². The number of piperidine rings is 1. The Morgan fingerprint density at radius 2 is 2.32 bits per heavy atom. The smallest absolute Gasteiger partial charge is 0.127 e. The molecule has 0 aliphatic carbocycles. The summed E-state index contributed by atoms with van der Waals surface area (Å²) in [7, 11) is 2.16. The predicted molar refractivity (Wildman–Crippen MR) is 74.6 cm³/mol. The van der Waals surface area contributed by atoms with E-state index < -0.39 is 0 Å². The summed E-state index contributed by atoms with van der Waals surface area (Å²) >= 11 is 0. The molecule has 4 nitrogen and oxygen atoms in total. The first kappa shape index (κ1) is 12.8. The van der Waals surface area contributed by atoms with Crippen molar-refractivity contribution in [3.05, 3.63) is 23.8 Å². The molecule has 4 heteroatoms. The van der Waals surface area contributed by atoms with Crippen LogP contribution in [0.1, 0.15) is 30.9 Å². The molecule has 1 saturated heterocycles. The monoisotopic (exact) mass is 262 g/mol. The van der Waals surface area contributed by atoms with Gasteiger partial charge < -0.3 is 15.2 Å². The van der Waals surface area contributed by atoms with Gasteiger partial charge in [-0.25, -0.2) is 0 Å². The van der Waals surface area contributed by atoms with Gasteiger partial charge in [0.1, 0.15) is 18.1 Å². The molecule has 104 valence electrons. The minimum absolute atomic E-state index is 0.274. The molecule has 0 bridgehead atoms. The van der Waals surface area contributed by atoms with E-state index in [0.717, 1.165) is 18.8 Å². The van der Waals surface area contributed by atoms with E-state index in [0.29, 0.717) is 18.7 Å². The van der Waals surface area contributed by atoms with Crippen LogP contribution in [0.5, 0.6) is 11.5 Å². The molecule has 2 aliphatic heterocycles. The lowest BCUT2D eigenvalue weighted by molar-refractivity contribution is 0.171. The second-order valence-corrected chi connectivity index (χ2v) is 5.64. The average Bonchev–Trinajstić information content (AvgIpc) is 2.82. The average molecular weight is 262 g/mol. The summed E-state index contributed by atoms with van der Waals surface area (Å²) in [6.45, 7) is 2.88. The van der Waals surface area contributed by atoms with E-state index in [2.05, 4.69) is 17.3 Å². The van der Waals surface area contributed by atoms with Crippen molar-refractivity contribution in [2.24, 2.45) is 0 Å². The Balaban J connectivity index is 1.67. The Bertz CT molecular complexity index is 444. The highest BCUT2D eigenvalue weighted by atomic mass is 16.5. The highest BCUT2D eigenvalue weighted by molar-refractivity contribution is 5.44. The van der Waals surface area contributed by atoms with Crippen molar-refractivity contribution >= 4 is 0 Å². The van der Waals surface area contributed by atoms with E-state index in [1.54, 1.807) is 12.1 Å². The zero-order chi connectivity index (χ0) is 13.2. The third-order valence-corrected chi connectivity index (χ3v) is 4.21. The number of fused-ring (bicyclic) bond motifs is 1. The number of likely N-dealkylation sites (N-methyl/N-ethyl adjacent to an activating group) is 1. The number of hydrogen-bond acceptors (Lipinski definition) is 4. The summed E-state index contributed by atoms with van der Waals surface area (Å²) in [6, 6.07) is 6.33. The molecule has 0 amide bonds. The maximum Gasteiger partial charge on any atom is 0.127 e. The molecule has 2 atom stereocenters. The molecule has 0 spiro atoms. The normalized spacial score (nSPS) is 26.2. The molecule has 1 fully saturated rings. The van der Waals surface area contributed by atoms with Crippen LogP contribution in [0.25, 0.3) is 0 Å². The molecule has 2 aliphatic rings. The van der Waals surface area contributed by atoms with Gasteiger partial charge in [0.25, 0.3) is 0 Å². The van der Waals surface area contributed by atoms with Crippen LogP contribution in [0.4, 0.5) is 0 Å². The Hall–Kier alpha value is -1.26. The lowest BCUT2D eigenvalue weighted by atomic mass is 10.0. The summed E-state index contributed by atoms with van der Waals surface area (Å²) < 4.78 is 5.68. The van der Waals surface area contributed by atoms with Gasteiger partial charge in [-0.2, -0.15) is 0 Å². The lowest BCUT2D eigenvalue weighted by Gasteiger charge is -2.31. The first-order valence-corrected chi connectivity index (χ1v) is 7.13. The van der Waals surface area contributed by atoms with E-state index >= 15 is 0 Å². The number of aromatic hydroxyl groups is 1. The summed E-state index contributed by atoms with van der Waals surface area (Å²) in [5.74, 6) is 1.10. The minimum Gasteiger partial charge on any atom is -0.508 e. The molecule has 2 unspecified atom stereocenters. The second kappa shape index (κ2) is 5.39. The number of benzene rings is 1. The summed E-state index contributed by atoms with van der Waals surface area (Å²) in [6.07, 6.45) is 3.90. The first-order valence-electron chi connectivity index (χ1n) is 7.13. The van der Waals surface area contributed by atoms with E-state index in [9.17, 15) is 5.11 Å². The number of ether oxygens (including phenoxy) is 1. The van der Waals surface area contributed by atoms with E-state index in [1.165, 1.54) is 24.8 Å². The van der Waals surface area contributed by atoms with Crippen LogP contribution in [-0.2, 0) is 0 Å². The van der Waals surface area contributed by atoms with Gasteiger partial charge >= 0.3 is 0 Å². The maximum absolute atomic E-state index is 9.48. The Kier molecular flexibility index (Phi) is 3.62. The standard InChI is InChI=1S/C15H22N2O2/c1-17(9-11-4-2-3-7-16-11)14-10-19-15-8-12(18)5-6-13(14)15/h5-6,8,11,14,16,18H,2-4,7,9-10H2,1H3. The van der Waals surface area contributed by atoms with Crippen molar-refractivity contribution in [1.82, 2.24) is 10.2 Å². The van der Waals surface area contributed by atoms with Crippen LogP contribution in [-0.4, -0.2) is 42.8 Å². The van der Waals surface area contributed by atoms with Crippen LogP contribution >= 0.6 is 0 Å². The molecule has 2 heterocycles. The molecule has 1 aromatic rings. The number of phenols is 1. The lowest BCUT2D eigenvalue weighted by Crippen LogP contribution is -2.43. The maximum atomic E-state index is 9.48. The fraction of sp³-hybridized carbons (Fsp3) is 0.600. The van der Waals surface area contributed by atoms with Gasteiger partial charge in [-0.05, 0) is 38.6 Å². The summed E-state index contributed by atoms with van der Waals surface area (Å²) in [5, 5.41) is 13.1. The van der Waals surface area contributed by atoms with Crippen molar-refractivity contribution in [2.45, 2.75) is 31.3 Å². The van der Waals surface area contributed by atoms with Crippen LogP contribution in [0, 0.1) is 0 Å². The van der Waals surface area contributed by atoms with Crippen LogP contribution in [0.2, 0.25) is 0 Å². The van der Waals surface area contributed by atoms with Gasteiger partial charge in [-0.1, -0.05) is 6.42 Å². The van der Waals surface area contributed by atoms with Crippen LogP contribution in [0.15, 0.2) is 18.2 Å². The molecule has 3 rings (SSSR count). The number of phenolic OH excluding ortho intramolecular Hbond substituents is 1. The SMILES string of the molecule is CN(CC1CCCCN1)C1COc2cc(O)ccc21. The molecule has 0 saturated carbocycles. The Labute approximate surface area is 114 Å². The van der Waals surface area contributed by atoms with Gasteiger partial charge in [-0.15, -0.1) is 0 Å². The van der Waals surface area contributed by atoms with Crippen LogP contribution < -0.4 is 10.1 Å². The Morgan fingerprint density at radius 1 is 1.42 bits per heavy atom. The minimum atomic E-state index is 0.274. The molecule has 19 heavy (non-hydrogen) atoms. The zero-order valence-corrected chi connectivity index (χ0v) is 11.4. The molecular weight excluding hydrogens is 240 g/mol. The third kappa shape index (κ3) is 2.69. The molecular formula is C15H22N2O2. The molecule has 0 radical (unpaired) electrons. The van der Waals surface area contributed by atoms with Crippen molar-refractivity contribution in [3.8, 4) is 11.5 Å². The van der Waals surface area contributed by atoms with Gasteiger partial charge in [0, 0.05) is 24.2 Å². The summed E-state index contributed by atoms with van der Waals surface area (Å²) in [5.41, 5.74) is 1.19. The first-order chi connectivity index (χ1) is 9.24. The predicted octanol–water partition coefficient (Wildman–Crippen LogP) is 1.90. The number of nitrogens with one attached hydrogen (secondary N) is 1. The van der Waals surface area contributed by atoms with Crippen molar-refractivity contribution in [3.63, 3.8) is 0 Å². The zero-order valence-electron chi connectivity index (χ0n) is 11.4. The highest BCUT2D eigenvalue weighted by Crippen LogP contribution is 2.37. The largest absolute Gasteiger partial charge is 0.508 e. The molecule has 2 N–H and O–H groups in total. The number of nitrogens with zero attached hydrogens (tertiary/aromatic N) is 1. The highest BCUT2D eigenvalue weighted by Gasteiger charge is 2.29. The fourth-order valence-electron chi connectivity index (χ4n) is 3.10. The van der Waals surface area contributed by atoms with Gasteiger partial charge in [-0.3, -0.25) is 4.90 Å². The molecule has 0 aromatic heterocycles. The molecule has 1 aromatic carbocycles. The van der Waals surface area contributed by atoms with Crippen molar-refractivity contribution in [1.29, 1.82) is 0 Å². The summed E-state index contributed by atoms with van der Waals surface area (Å²) in [4.78, 5) is 2.37. The number of rotatable bonds is 3. The number of hydrogen-bond donors (Lipinski definition) is 2. The topological polar surface area (TPSA) is 44.7 Å². The van der Waals surface area contributed by atoms with Crippen LogP contribution in [0.3, 0.4) is 0 Å². The third-order valence-electron chi connectivity index (χ3n) is 4.21. The van der Waals surface area contributed by atoms with Crippen molar-refractivity contribution < 1.29 is 9.84 Å². The van der Waals surface area contributed by atoms with Gasteiger partial charge in [0.15, 0.2) is 0 Å².